The van der Waals surface area contributed by atoms with Crippen molar-refractivity contribution < 1.29 is 19.1 Å². The molecule has 0 aromatic rings. The normalized spacial score (nSPS) is 34.3. The quantitative estimate of drug-likeness (QED) is 0.597. The minimum absolute atomic E-state index is 0.0194. The van der Waals surface area contributed by atoms with E-state index in [9.17, 15) is 14.4 Å². The van der Waals surface area contributed by atoms with Crippen LogP contribution in [0.2, 0.25) is 0 Å². The fourth-order valence-corrected chi connectivity index (χ4v) is 3.09. The number of likely N-dealkylation sites (tertiary alicyclic amines) is 1. The van der Waals surface area contributed by atoms with Crippen molar-refractivity contribution in [3.63, 3.8) is 0 Å². The van der Waals surface area contributed by atoms with Gasteiger partial charge in [0.25, 0.3) is 5.91 Å². The van der Waals surface area contributed by atoms with Crippen molar-refractivity contribution in [2.75, 3.05) is 20.3 Å². The lowest BCUT2D eigenvalue weighted by atomic mass is 10.1. The number of fused-ring (bicyclic) bond motifs is 5. The van der Waals surface area contributed by atoms with Gasteiger partial charge in [0.15, 0.2) is 0 Å². The molecule has 2 bridgehead atoms. The van der Waals surface area contributed by atoms with Crippen LogP contribution in [0.3, 0.4) is 0 Å². The summed E-state index contributed by atoms with van der Waals surface area (Å²) >= 11 is 0. The lowest BCUT2D eigenvalue weighted by Crippen LogP contribution is -2.55. The van der Waals surface area contributed by atoms with Crippen LogP contribution in [0.1, 0.15) is 6.42 Å². The molecule has 0 saturated carbocycles. The second-order valence-electron chi connectivity index (χ2n) is 4.58. The Balaban J connectivity index is 1.82. The van der Waals surface area contributed by atoms with E-state index in [4.69, 9.17) is 4.74 Å². The van der Waals surface area contributed by atoms with Gasteiger partial charge in [-0.25, -0.2) is 4.79 Å². The van der Waals surface area contributed by atoms with Gasteiger partial charge in [-0.15, -0.1) is 0 Å². The molecular formula is C10H13N3O4. The maximum Gasteiger partial charge on any atom is 0.325 e. The minimum atomic E-state index is -0.498. The summed E-state index contributed by atoms with van der Waals surface area (Å²) in [4.78, 5) is 38.2. The Kier molecular flexibility index (Phi) is 2.12. The molecule has 0 aromatic carbocycles. The summed E-state index contributed by atoms with van der Waals surface area (Å²) in [5.74, 6) is -0.413. The minimum Gasteiger partial charge on any atom is -0.375 e. The summed E-state index contributed by atoms with van der Waals surface area (Å²) in [5, 5.41) is 2.29. The van der Waals surface area contributed by atoms with Crippen molar-refractivity contribution in [1.82, 2.24) is 15.1 Å². The number of piperazine rings is 1. The van der Waals surface area contributed by atoms with E-state index in [1.165, 1.54) is 7.11 Å². The first-order valence-electron chi connectivity index (χ1n) is 5.55. The molecule has 3 fully saturated rings. The maximum atomic E-state index is 11.8. The number of carbonyl (C=O) groups excluding carboxylic acids is 3. The summed E-state index contributed by atoms with van der Waals surface area (Å²) in [6.07, 6.45) is 0.694. The second kappa shape index (κ2) is 3.43. The van der Waals surface area contributed by atoms with E-state index in [1.807, 2.05) is 0 Å². The van der Waals surface area contributed by atoms with Crippen molar-refractivity contribution >= 4 is 17.8 Å². The van der Waals surface area contributed by atoms with Gasteiger partial charge >= 0.3 is 6.03 Å². The van der Waals surface area contributed by atoms with E-state index in [-0.39, 0.29) is 36.5 Å². The lowest BCUT2D eigenvalue weighted by Gasteiger charge is -2.34. The summed E-state index contributed by atoms with van der Waals surface area (Å²) in [6.45, 7) is 0.523. The van der Waals surface area contributed by atoms with E-state index in [0.29, 0.717) is 13.0 Å². The lowest BCUT2D eigenvalue weighted by molar-refractivity contribution is -0.139. The molecule has 0 aliphatic carbocycles. The van der Waals surface area contributed by atoms with Gasteiger partial charge in [-0.3, -0.25) is 14.9 Å². The summed E-state index contributed by atoms with van der Waals surface area (Å²) in [6, 6.07) is -1.04. The molecule has 7 nitrogen and oxygen atoms in total. The van der Waals surface area contributed by atoms with Gasteiger partial charge in [-0.1, -0.05) is 0 Å². The standard InChI is InChI=1S/C10H13N3O4/c1-17-4-7(14)12-3-5-2-6(12)8-9(15)11-10(16)13(5)8/h5-6,8H,2-4H2,1H3,(H,11,15,16). The zero-order chi connectivity index (χ0) is 12.2. The molecule has 4 amide bonds. The average molecular weight is 239 g/mol. The molecule has 0 spiro atoms. The van der Waals surface area contributed by atoms with Crippen LogP contribution >= 0.6 is 0 Å². The van der Waals surface area contributed by atoms with Gasteiger partial charge in [-0.2, -0.15) is 0 Å². The Bertz CT molecular complexity index is 410. The first-order chi connectivity index (χ1) is 8.13. The largest absolute Gasteiger partial charge is 0.375 e. The molecule has 3 aliphatic heterocycles. The Morgan fingerprint density at radius 2 is 2.29 bits per heavy atom. The van der Waals surface area contributed by atoms with Crippen molar-refractivity contribution in [1.29, 1.82) is 0 Å². The van der Waals surface area contributed by atoms with Crippen molar-refractivity contribution in [2.24, 2.45) is 0 Å². The predicted molar refractivity (Wildman–Crippen MR) is 54.9 cm³/mol. The highest BCUT2D eigenvalue weighted by Gasteiger charge is 2.59. The maximum absolute atomic E-state index is 11.8. The molecule has 3 aliphatic rings. The summed E-state index contributed by atoms with van der Waals surface area (Å²) in [5.41, 5.74) is 0. The number of hydrogen-bond donors (Lipinski definition) is 1. The Hall–Kier alpha value is -1.63. The van der Waals surface area contributed by atoms with Crippen LogP contribution in [0.25, 0.3) is 0 Å². The third-order valence-electron chi connectivity index (χ3n) is 3.70. The monoisotopic (exact) mass is 239 g/mol. The third-order valence-corrected chi connectivity index (χ3v) is 3.70. The molecule has 3 unspecified atom stereocenters. The number of urea groups is 1. The van der Waals surface area contributed by atoms with Gasteiger partial charge < -0.3 is 14.5 Å². The predicted octanol–water partition coefficient (Wildman–Crippen LogP) is -1.46. The SMILES string of the molecule is COCC(=O)N1CC2CC1C1C(=O)NC(=O)N21. The highest BCUT2D eigenvalue weighted by atomic mass is 16.5. The Morgan fingerprint density at radius 1 is 1.53 bits per heavy atom. The topological polar surface area (TPSA) is 79.0 Å². The van der Waals surface area contributed by atoms with Crippen LogP contribution in [0.5, 0.6) is 0 Å². The second-order valence-corrected chi connectivity index (χ2v) is 4.58. The number of imide groups is 1. The van der Waals surface area contributed by atoms with Gasteiger partial charge in [0.1, 0.15) is 12.6 Å². The van der Waals surface area contributed by atoms with E-state index in [0.717, 1.165) is 0 Å². The van der Waals surface area contributed by atoms with E-state index < -0.39 is 6.04 Å². The van der Waals surface area contributed by atoms with Gasteiger partial charge in [-0.05, 0) is 6.42 Å². The van der Waals surface area contributed by atoms with E-state index >= 15 is 0 Å². The highest BCUT2D eigenvalue weighted by Crippen LogP contribution is 2.38. The molecule has 92 valence electrons. The Morgan fingerprint density at radius 3 is 3.00 bits per heavy atom. The van der Waals surface area contributed by atoms with Crippen molar-refractivity contribution in [2.45, 2.75) is 24.5 Å². The first-order valence-corrected chi connectivity index (χ1v) is 5.55. The fraction of sp³-hybridized carbons (Fsp3) is 0.700. The summed E-state index contributed by atoms with van der Waals surface area (Å²) in [7, 11) is 1.46. The summed E-state index contributed by atoms with van der Waals surface area (Å²) < 4.78 is 4.81. The molecule has 3 atom stereocenters. The molecule has 3 saturated heterocycles. The van der Waals surface area contributed by atoms with Crippen LogP contribution in [0.15, 0.2) is 0 Å². The molecule has 1 N–H and O–H groups in total. The number of nitrogens with zero attached hydrogens (tertiary/aromatic N) is 2. The zero-order valence-electron chi connectivity index (χ0n) is 9.38. The van der Waals surface area contributed by atoms with Gasteiger partial charge in [0.05, 0.1) is 12.1 Å². The number of amides is 4. The van der Waals surface area contributed by atoms with Crippen molar-refractivity contribution in [3.8, 4) is 0 Å². The number of methoxy groups -OCH3 is 1. The number of rotatable bonds is 2. The fourth-order valence-electron chi connectivity index (χ4n) is 3.09. The molecule has 3 heterocycles. The van der Waals surface area contributed by atoms with Gasteiger partial charge in [0, 0.05) is 13.7 Å². The molecule has 17 heavy (non-hydrogen) atoms. The number of carbonyl (C=O) groups is 3. The Labute approximate surface area is 97.7 Å². The average Bonchev–Trinajstić information content (AvgIpc) is 2.91. The van der Waals surface area contributed by atoms with Crippen LogP contribution in [0.4, 0.5) is 4.79 Å². The van der Waals surface area contributed by atoms with E-state index in [1.54, 1.807) is 9.80 Å². The van der Waals surface area contributed by atoms with Gasteiger partial charge in [0.2, 0.25) is 5.91 Å². The molecule has 0 aromatic heterocycles. The van der Waals surface area contributed by atoms with Crippen LogP contribution in [0, 0.1) is 0 Å². The number of nitrogens with one attached hydrogen (secondary N) is 1. The van der Waals surface area contributed by atoms with Crippen LogP contribution in [-0.4, -0.2) is 66.0 Å². The molecular weight excluding hydrogens is 226 g/mol. The first kappa shape index (κ1) is 10.5. The number of ether oxygens (including phenoxy) is 1. The highest BCUT2D eigenvalue weighted by molar-refractivity contribution is 6.06. The molecule has 7 heteroatoms. The number of hydrogen-bond acceptors (Lipinski definition) is 4. The zero-order valence-corrected chi connectivity index (χ0v) is 9.38. The van der Waals surface area contributed by atoms with Crippen LogP contribution in [-0.2, 0) is 14.3 Å². The van der Waals surface area contributed by atoms with Crippen LogP contribution < -0.4 is 5.32 Å². The van der Waals surface area contributed by atoms with Crippen molar-refractivity contribution in [3.05, 3.63) is 0 Å². The molecule has 3 rings (SSSR count). The smallest absolute Gasteiger partial charge is 0.325 e. The third kappa shape index (κ3) is 1.28. The molecule has 0 radical (unpaired) electrons. The van der Waals surface area contributed by atoms with E-state index in [2.05, 4.69) is 5.32 Å².